The van der Waals surface area contributed by atoms with Crippen LogP contribution < -0.4 is 16.4 Å². The number of nitrogens with two attached hydrogens (primary N) is 1. The number of fused-ring (bicyclic) bond motifs is 3. The van der Waals surface area contributed by atoms with Crippen LogP contribution in [0.25, 0.3) is 0 Å². The maximum atomic E-state index is 7.11. The van der Waals surface area contributed by atoms with Gasteiger partial charge in [-0.2, -0.15) is 11.8 Å². The van der Waals surface area contributed by atoms with E-state index in [1.165, 1.54) is 103 Å². The lowest BCUT2D eigenvalue weighted by Crippen LogP contribution is -2.56. The van der Waals surface area contributed by atoms with Crippen LogP contribution in [0.15, 0.2) is 0 Å². The molecule has 6 aliphatic carbocycles. The van der Waals surface area contributed by atoms with Crippen molar-refractivity contribution in [3.05, 3.63) is 0 Å². The van der Waals surface area contributed by atoms with E-state index in [-0.39, 0.29) is 5.66 Å². The van der Waals surface area contributed by atoms with Crippen molar-refractivity contribution in [2.45, 2.75) is 188 Å². The quantitative estimate of drug-likeness (QED) is 0.269. The first kappa shape index (κ1) is 29.6. The van der Waals surface area contributed by atoms with Crippen molar-refractivity contribution in [2.75, 3.05) is 0 Å². The molecule has 238 valence electrons. The highest BCUT2D eigenvalue weighted by molar-refractivity contribution is 8.00. The largest absolute Gasteiger partial charge is 0.312 e. The molecule has 6 saturated carbocycles. The molecule has 3 nitrogen and oxygen atoms in total. The van der Waals surface area contributed by atoms with Crippen molar-refractivity contribution in [3.63, 3.8) is 0 Å². The molecule has 0 amide bonds. The van der Waals surface area contributed by atoms with E-state index < -0.39 is 0 Å². The fraction of sp³-hybridized carbons (Fsp3) is 1.00. The zero-order valence-corrected chi connectivity index (χ0v) is 27.8. The lowest BCUT2D eigenvalue weighted by Gasteiger charge is -2.48. The second-order valence-corrected chi connectivity index (χ2v) is 18.7. The highest BCUT2D eigenvalue weighted by Gasteiger charge is 2.59. The summed E-state index contributed by atoms with van der Waals surface area (Å²) < 4.78 is 0. The Hall–Kier alpha value is 0.230. The van der Waals surface area contributed by atoms with Gasteiger partial charge >= 0.3 is 0 Å². The SMILES string of the molecule is N[C@@]1(C2CCCCC2)NC1C1CCCC(NC2C(C3CCC(C4CCCCC4)CC3)CCC3C4CCCCC4SC32)C1. The fourth-order valence-corrected chi connectivity index (χ4v) is 15.1. The Labute approximate surface area is 263 Å². The van der Waals surface area contributed by atoms with E-state index >= 15 is 0 Å². The number of nitrogens with one attached hydrogen (secondary N) is 2. The van der Waals surface area contributed by atoms with E-state index in [1.54, 1.807) is 51.4 Å². The Balaban J connectivity index is 0.950. The summed E-state index contributed by atoms with van der Waals surface area (Å²) in [5.41, 5.74) is 7.08. The van der Waals surface area contributed by atoms with Crippen LogP contribution in [0.4, 0.5) is 0 Å². The van der Waals surface area contributed by atoms with E-state index in [4.69, 9.17) is 5.73 Å². The van der Waals surface area contributed by atoms with Crippen LogP contribution in [0.1, 0.15) is 154 Å². The molecular weight excluding hydrogens is 531 g/mol. The van der Waals surface area contributed by atoms with Gasteiger partial charge in [-0.1, -0.05) is 70.6 Å². The molecule has 2 aliphatic heterocycles. The van der Waals surface area contributed by atoms with Gasteiger partial charge in [-0.3, -0.25) is 5.32 Å². The Morgan fingerprint density at radius 3 is 2.00 bits per heavy atom. The maximum absolute atomic E-state index is 7.11. The summed E-state index contributed by atoms with van der Waals surface area (Å²) in [6, 6.07) is 2.11. The van der Waals surface area contributed by atoms with Crippen LogP contribution in [0, 0.1) is 47.3 Å². The zero-order valence-electron chi connectivity index (χ0n) is 27.0. The molecule has 0 aromatic heterocycles. The zero-order chi connectivity index (χ0) is 28.1. The minimum atomic E-state index is -0.0284. The van der Waals surface area contributed by atoms with Crippen LogP contribution in [0.3, 0.4) is 0 Å². The third kappa shape index (κ3) is 5.81. The van der Waals surface area contributed by atoms with Crippen molar-refractivity contribution in [3.8, 4) is 0 Å². The Morgan fingerprint density at radius 1 is 0.548 bits per heavy atom. The van der Waals surface area contributed by atoms with Gasteiger partial charge in [0.2, 0.25) is 0 Å². The first-order valence-corrected chi connectivity index (χ1v) is 20.6. The summed E-state index contributed by atoms with van der Waals surface area (Å²) in [7, 11) is 0. The molecule has 42 heavy (non-hydrogen) atoms. The van der Waals surface area contributed by atoms with E-state index in [2.05, 4.69) is 22.4 Å². The molecule has 8 rings (SSSR count). The van der Waals surface area contributed by atoms with Gasteiger partial charge in [0.15, 0.2) is 0 Å². The average Bonchev–Trinajstić information content (AvgIpc) is 3.61. The molecular formula is C38H65N3S. The van der Waals surface area contributed by atoms with Crippen molar-refractivity contribution < 1.29 is 0 Å². The summed E-state index contributed by atoms with van der Waals surface area (Å²) in [4.78, 5) is 0. The number of hydrogen-bond acceptors (Lipinski definition) is 4. The van der Waals surface area contributed by atoms with E-state index in [0.29, 0.717) is 6.04 Å². The third-order valence-corrected chi connectivity index (χ3v) is 17.1. The molecule has 0 spiro atoms. The number of hydrogen-bond donors (Lipinski definition) is 3. The highest BCUT2D eigenvalue weighted by atomic mass is 32.2. The Kier molecular flexibility index (Phi) is 9.02. The molecule has 10 atom stereocenters. The topological polar surface area (TPSA) is 60.0 Å². The van der Waals surface area contributed by atoms with Crippen molar-refractivity contribution in [1.82, 2.24) is 10.6 Å². The van der Waals surface area contributed by atoms with Gasteiger partial charge in [0.1, 0.15) is 0 Å². The summed E-state index contributed by atoms with van der Waals surface area (Å²) in [6.07, 6.45) is 35.6. The van der Waals surface area contributed by atoms with Crippen molar-refractivity contribution in [1.29, 1.82) is 0 Å². The number of rotatable bonds is 6. The lowest BCUT2D eigenvalue weighted by atomic mass is 9.62. The number of thioether (sulfide) groups is 1. The lowest BCUT2D eigenvalue weighted by molar-refractivity contribution is 0.0713. The van der Waals surface area contributed by atoms with Crippen LogP contribution in [-0.4, -0.2) is 34.3 Å². The fourth-order valence-electron chi connectivity index (χ4n) is 12.9. The molecule has 0 bridgehead atoms. The summed E-state index contributed by atoms with van der Waals surface area (Å²) in [6.45, 7) is 0. The molecule has 8 aliphatic rings. The molecule has 9 unspecified atom stereocenters. The first-order valence-electron chi connectivity index (χ1n) is 19.7. The molecule has 0 radical (unpaired) electrons. The summed E-state index contributed by atoms with van der Waals surface area (Å²) >= 11 is 2.51. The van der Waals surface area contributed by atoms with Gasteiger partial charge in [-0.25, -0.2) is 0 Å². The minimum absolute atomic E-state index is 0.0284. The van der Waals surface area contributed by atoms with Crippen molar-refractivity contribution >= 4 is 11.8 Å². The Bertz CT molecular complexity index is 891. The second-order valence-electron chi connectivity index (χ2n) is 17.3. The molecule has 2 heterocycles. The monoisotopic (exact) mass is 595 g/mol. The van der Waals surface area contributed by atoms with Gasteiger partial charge in [0.05, 0.1) is 5.66 Å². The highest BCUT2D eigenvalue weighted by Crippen LogP contribution is 2.58. The van der Waals surface area contributed by atoms with Crippen molar-refractivity contribution in [2.24, 2.45) is 53.1 Å². The van der Waals surface area contributed by atoms with Crippen LogP contribution >= 0.6 is 11.8 Å². The molecule has 8 fully saturated rings. The Morgan fingerprint density at radius 2 is 1.19 bits per heavy atom. The molecule has 2 saturated heterocycles. The molecule has 0 aromatic rings. The standard InChI is InChI=1S/C38H65N3S/c39-38(29-13-5-2-6-14-29)37(41-38)28-12-9-15-30(24-28)40-35-31(22-23-33-32-16-7-8-17-34(32)42-36(33)35)27-20-18-26(19-21-27)25-10-3-1-4-11-25/h25-37,40-41H,1-24,39H2/t26?,27?,28?,30?,31?,32?,33?,34?,35?,36?,37?,38-/m0/s1. The molecule has 4 heteroatoms. The molecule has 0 aromatic carbocycles. The van der Waals surface area contributed by atoms with Gasteiger partial charge in [-0.05, 0) is 131 Å². The summed E-state index contributed by atoms with van der Waals surface area (Å²) in [5, 5.41) is 10.4. The minimum Gasteiger partial charge on any atom is -0.312 e. The van der Waals surface area contributed by atoms with E-state index in [9.17, 15) is 0 Å². The van der Waals surface area contributed by atoms with Gasteiger partial charge in [0.25, 0.3) is 0 Å². The normalized spacial score (nSPS) is 50.6. The average molecular weight is 596 g/mol. The van der Waals surface area contributed by atoms with Gasteiger partial charge < -0.3 is 11.1 Å². The predicted octanol–water partition coefficient (Wildman–Crippen LogP) is 8.80. The third-order valence-electron chi connectivity index (χ3n) is 15.2. The second kappa shape index (κ2) is 12.8. The predicted molar refractivity (Wildman–Crippen MR) is 178 cm³/mol. The van der Waals surface area contributed by atoms with Gasteiger partial charge in [-0.15, -0.1) is 0 Å². The summed E-state index contributed by atoms with van der Waals surface area (Å²) in [5.74, 6) is 7.68. The smallest absolute Gasteiger partial charge is 0.0855 e. The van der Waals surface area contributed by atoms with Gasteiger partial charge in [0, 0.05) is 28.6 Å². The molecule has 4 N–H and O–H groups in total. The van der Waals surface area contributed by atoms with Crippen LogP contribution in [-0.2, 0) is 0 Å². The van der Waals surface area contributed by atoms with Crippen LogP contribution in [0.2, 0.25) is 0 Å². The van der Waals surface area contributed by atoms with Crippen LogP contribution in [0.5, 0.6) is 0 Å². The van der Waals surface area contributed by atoms with E-state index in [1.807, 2.05) is 0 Å². The first-order chi connectivity index (χ1) is 20.7. The van der Waals surface area contributed by atoms with E-state index in [0.717, 1.165) is 69.9 Å². The maximum Gasteiger partial charge on any atom is 0.0855 e.